The average Bonchev–Trinajstić information content (AvgIpc) is 2.79. The van der Waals surface area contributed by atoms with Gasteiger partial charge in [-0.3, -0.25) is 19.5 Å². The minimum Gasteiger partial charge on any atom is -0.334 e. The van der Waals surface area contributed by atoms with E-state index in [0.29, 0.717) is 18.8 Å². The van der Waals surface area contributed by atoms with Gasteiger partial charge in [0, 0.05) is 19.3 Å². The number of hydrogen-bond acceptors (Lipinski definition) is 4. The molecule has 7 nitrogen and oxygen atoms in total. The Morgan fingerprint density at radius 2 is 2.00 bits per heavy atom. The maximum Gasteiger partial charge on any atom is 0.325 e. The van der Waals surface area contributed by atoms with Crippen LogP contribution in [0.25, 0.3) is 0 Å². The van der Waals surface area contributed by atoms with Crippen molar-refractivity contribution in [3.63, 3.8) is 0 Å². The first-order chi connectivity index (χ1) is 11.4. The quantitative estimate of drug-likeness (QED) is 0.599. The summed E-state index contributed by atoms with van der Waals surface area (Å²) in [6.07, 6.45) is 4.69. The highest BCUT2D eigenvalue weighted by Gasteiger charge is 2.50. The van der Waals surface area contributed by atoms with Crippen molar-refractivity contribution in [3.8, 4) is 0 Å². The number of urea groups is 1. The molecule has 2 heterocycles. The molecule has 1 unspecified atom stereocenters. The highest BCUT2D eigenvalue weighted by Crippen LogP contribution is 2.27. The van der Waals surface area contributed by atoms with Crippen LogP contribution >= 0.6 is 0 Å². The van der Waals surface area contributed by atoms with Crippen molar-refractivity contribution in [3.05, 3.63) is 55.4 Å². The number of imide groups is 1. The summed E-state index contributed by atoms with van der Waals surface area (Å²) in [5, 5.41) is 2.62. The molecule has 1 aliphatic rings. The zero-order valence-corrected chi connectivity index (χ0v) is 13.6. The first-order valence-corrected chi connectivity index (χ1v) is 7.49. The van der Waals surface area contributed by atoms with Crippen molar-refractivity contribution in [1.29, 1.82) is 0 Å². The van der Waals surface area contributed by atoms with Crippen LogP contribution in [0, 0.1) is 0 Å². The smallest absolute Gasteiger partial charge is 0.325 e. The van der Waals surface area contributed by atoms with Gasteiger partial charge in [-0.1, -0.05) is 18.2 Å². The summed E-state index contributed by atoms with van der Waals surface area (Å²) in [6, 6.07) is 4.50. The van der Waals surface area contributed by atoms with Gasteiger partial charge in [0.05, 0.1) is 5.69 Å². The summed E-state index contributed by atoms with van der Waals surface area (Å²) in [6.45, 7) is 9.05. The molecule has 1 atom stereocenters. The highest BCUT2D eigenvalue weighted by molar-refractivity contribution is 6.08. The third kappa shape index (κ3) is 3.19. The Kier molecular flexibility index (Phi) is 5.13. The molecular formula is C17H20N4O3. The van der Waals surface area contributed by atoms with Gasteiger partial charge in [-0.15, -0.1) is 13.2 Å². The molecule has 0 radical (unpaired) electrons. The van der Waals surface area contributed by atoms with Gasteiger partial charge in [0.25, 0.3) is 5.91 Å². The minimum absolute atomic E-state index is 0.312. The second-order valence-corrected chi connectivity index (χ2v) is 5.54. The third-order valence-electron chi connectivity index (χ3n) is 3.80. The van der Waals surface area contributed by atoms with E-state index in [1.165, 1.54) is 4.90 Å². The molecule has 0 spiro atoms. The lowest BCUT2D eigenvalue weighted by Gasteiger charge is -2.23. The van der Waals surface area contributed by atoms with Crippen LogP contribution < -0.4 is 5.32 Å². The number of aromatic nitrogens is 1. The van der Waals surface area contributed by atoms with Gasteiger partial charge in [0.2, 0.25) is 5.91 Å². The highest BCUT2D eigenvalue weighted by atomic mass is 16.2. The fourth-order valence-corrected chi connectivity index (χ4v) is 2.50. The maximum atomic E-state index is 12.7. The Morgan fingerprint density at radius 1 is 1.33 bits per heavy atom. The lowest BCUT2D eigenvalue weighted by molar-refractivity contribution is -0.138. The van der Waals surface area contributed by atoms with Crippen LogP contribution in [-0.4, -0.2) is 52.3 Å². The molecule has 0 saturated carbocycles. The number of rotatable bonds is 7. The van der Waals surface area contributed by atoms with Crippen LogP contribution in [0.4, 0.5) is 4.79 Å². The first-order valence-electron chi connectivity index (χ1n) is 7.49. The fourth-order valence-electron chi connectivity index (χ4n) is 2.50. The normalized spacial score (nSPS) is 19.8. The number of nitrogens with one attached hydrogen (secondary N) is 1. The summed E-state index contributed by atoms with van der Waals surface area (Å²) in [4.78, 5) is 43.8. The Hall–Kier alpha value is -2.96. The molecule has 24 heavy (non-hydrogen) atoms. The largest absolute Gasteiger partial charge is 0.334 e. The molecule has 1 saturated heterocycles. The predicted molar refractivity (Wildman–Crippen MR) is 88.8 cm³/mol. The maximum absolute atomic E-state index is 12.7. The van der Waals surface area contributed by atoms with Crippen molar-refractivity contribution in [2.75, 3.05) is 19.6 Å². The second-order valence-electron chi connectivity index (χ2n) is 5.54. The van der Waals surface area contributed by atoms with E-state index in [2.05, 4.69) is 23.5 Å². The Labute approximate surface area is 140 Å². The zero-order chi connectivity index (χ0) is 17.7. The molecular weight excluding hydrogens is 308 g/mol. The van der Waals surface area contributed by atoms with E-state index in [1.54, 1.807) is 43.5 Å². The Balaban J connectivity index is 2.19. The van der Waals surface area contributed by atoms with E-state index in [9.17, 15) is 14.4 Å². The van der Waals surface area contributed by atoms with Crippen molar-refractivity contribution in [1.82, 2.24) is 20.1 Å². The summed E-state index contributed by atoms with van der Waals surface area (Å²) < 4.78 is 0. The first kappa shape index (κ1) is 17.4. The molecule has 126 valence electrons. The van der Waals surface area contributed by atoms with E-state index >= 15 is 0 Å². The molecule has 4 amide bonds. The number of amides is 4. The van der Waals surface area contributed by atoms with Gasteiger partial charge < -0.3 is 10.2 Å². The lowest BCUT2D eigenvalue weighted by Crippen LogP contribution is -2.45. The third-order valence-corrected chi connectivity index (χ3v) is 3.80. The number of carbonyl (C=O) groups excluding carboxylic acids is 3. The molecule has 1 aromatic rings. The van der Waals surface area contributed by atoms with Gasteiger partial charge in [0.1, 0.15) is 6.54 Å². The molecule has 1 N–H and O–H groups in total. The molecule has 1 aliphatic heterocycles. The molecule has 1 fully saturated rings. The van der Waals surface area contributed by atoms with Crippen molar-refractivity contribution < 1.29 is 14.4 Å². The summed E-state index contributed by atoms with van der Waals surface area (Å²) in [5.74, 6) is -0.861. The monoisotopic (exact) mass is 328 g/mol. The number of carbonyl (C=O) groups is 3. The summed E-state index contributed by atoms with van der Waals surface area (Å²) in [5.41, 5.74) is -0.854. The number of hydrogen-bond donors (Lipinski definition) is 1. The van der Waals surface area contributed by atoms with Crippen molar-refractivity contribution >= 4 is 17.8 Å². The van der Waals surface area contributed by atoms with Crippen LogP contribution in [0.15, 0.2) is 49.7 Å². The lowest BCUT2D eigenvalue weighted by atomic mass is 9.97. The minimum atomic E-state index is -1.28. The van der Waals surface area contributed by atoms with Gasteiger partial charge in [-0.05, 0) is 19.1 Å². The van der Waals surface area contributed by atoms with Crippen LogP contribution in [0.1, 0.15) is 12.6 Å². The standard InChI is InChI=1S/C17H20N4O3/c1-4-10-20(11-5-2)14(22)12-21-15(23)17(3,19-16(21)24)13-8-6-7-9-18-13/h4-9H,1-2,10-12H2,3H3,(H,19,24). The SMILES string of the molecule is C=CCN(CC=C)C(=O)CN1C(=O)NC(C)(c2ccccn2)C1=O. The van der Waals surface area contributed by atoms with Gasteiger partial charge in [0.15, 0.2) is 5.54 Å². The zero-order valence-electron chi connectivity index (χ0n) is 13.6. The molecule has 1 aromatic heterocycles. The molecule has 2 rings (SSSR count). The Morgan fingerprint density at radius 3 is 2.54 bits per heavy atom. The second kappa shape index (κ2) is 7.08. The van der Waals surface area contributed by atoms with Crippen molar-refractivity contribution in [2.24, 2.45) is 0 Å². The average molecular weight is 328 g/mol. The Bertz CT molecular complexity index is 664. The van der Waals surface area contributed by atoms with E-state index in [4.69, 9.17) is 0 Å². The van der Waals surface area contributed by atoms with Crippen LogP contribution in [0.5, 0.6) is 0 Å². The van der Waals surface area contributed by atoms with Crippen LogP contribution in [-0.2, 0) is 15.1 Å². The molecule has 7 heteroatoms. The van der Waals surface area contributed by atoms with Crippen LogP contribution in [0.3, 0.4) is 0 Å². The van der Waals surface area contributed by atoms with E-state index < -0.39 is 17.5 Å². The van der Waals surface area contributed by atoms with Crippen LogP contribution in [0.2, 0.25) is 0 Å². The van der Waals surface area contributed by atoms with E-state index in [0.717, 1.165) is 4.90 Å². The molecule has 0 aliphatic carbocycles. The predicted octanol–water partition coefficient (Wildman–Crippen LogP) is 1.05. The topological polar surface area (TPSA) is 82.6 Å². The fraction of sp³-hybridized carbons (Fsp3) is 0.294. The number of pyridine rings is 1. The van der Waals surface area contributed by atoms with E-state index in [-0.39, 0.29) is 12.5 Å². The molecule has 0 aromatic carbocycles. The van der Waals surface area contributed by atoms with Gasteiger partial charge >= 0.3 is 6.03 Å². The summed E-state index contributed by atoms with van der Waals surface area (Å²) >= 11 is 0. The summed E-state index contributed by atoms with van der Waals surface area (Å²) in [7, 11) is 0. The van der Waals surface area contributed by atoms with Gasteiger partial charge in [-0.25, -0.2) is 4.79 Å². The van der Waals surface area contributed by atoms with Crippen molar-refractivity contribution in [2.45, 2.75) is 12.5 Å². The van der Waals surface area contributed by atoms with E-state index in [1.807, 2.05) is 0 Å². The molecule has 0 bridgehead atoms. The number of nitrogens with zero attached hydrogens (tertiary/aromatic N) is 3. The van der Waals surface area contributed by atoms with Gasteiger partial charge in [-0.2, -0.15) is 0 Å².